The zero-order valence-electron chi connectivity index (χ0n) is 55.1. The van der Waals surface area contributed by atoms with Crippen molar-refractivity contribution in [3.05, 3.63) is 388 Å². The van der Waals surface area contributed by atoms with Crippen LogP contribution in [0.15, 0.2) is 388 Å². The first-order valence-corrected chi connectivity index (χ1v) is 36.3. The second-order valence-corrected chi connectivity index (χ2v) is 29.0. The van der Waals surface area contributed by atoms with E-state index in [9.17, 15) is 0 Å². The average Bonchev–Trinajstić information content (AvgIpc) is 1.58. The summed E-state index contributed by atoms with van der Waals surface area (Å²) >= 11 is 0. The van der Waals surface area contributed by atoms with Crippen molar-refractivity contribution >= 4 is 116 Å². The topological polar surface area (TPSA) is 30.2 Å². The first-order chi connectivity index (χ1) is 50.0. The molecule has 17 aromatic carbocycles. The van der Waals surface area contributed by atoms with Gasteiger partial charge in [0.1, 0.15) is 0 Å². The minimum absolute atomic E-state index is 0.777. The maximum absolute atomic E-state index is 16.7. The molecule has 0 saturated carbocycles. The second-order valence-electron chi connectivity index (χ2n) is 26.2. The molecule has 474 valence electrons. The van der Waals surface area contributed by atoms with Crippen LogP contribution in [-0.4, -0.2) is 9.13 Å². The highest BCUT2D eigenvalue weighted by atomic mass is 31.2. The van der Waals surface area contributed by atoms with Gasteiger partial charge in [-0.25, -0.2) is 0 Å². The average molecular weight is 1310 g/mol. The van der Waals surface area contributed by atoms with Gasteiger partial charge in [-0.3, -0.25) is 0 Å². The van der Waals surface area contributed by atoms with Crippen LogP contribution in [0.25, 0.3) is 143 Å². The van der Waals surface area contributed by atoms with Crippen LogP contribution < -0.4 is 20.8 Å². The Morgan fingerprint density at radius 1 is 0.228 bits per heavy atom. The summed E-state index contributed by atoms with van der Waals surface area (Å²) in [5, 5.41) is 14.1. The molecule has 101 heavy (non-hydrogen) atoms. The molecule has 0 aliphatic carbocycles. The summed E-state index contributed by atoms with van der Waals surface area (Å²) in [5.41, 5.74) is 21.2. The van der Waals surface area contributed by atoms with Crippen molar-refractivity contribution in [1.82, 2.24) is 9.13 Å². The summed E-state index contributed by atoms with van der Waals surface area (Å²) in [6, 6.07) is 139. The van der Waals surface area contributed by atoms with Crippen molar-refractivity contribution in [2.24, 2.45) is 0 Å². The van der Waals surface area contributed by atoms with Crippen molar-refractivity contribution in [2.75, 3.05) is 4.90 Å². The molecule has 0 aliphatic heterocycles. The third-order valence-electron chi connectivity index (χ3n) is 20.5. The van der Waals surface area contributed by atoms with Crippen LogP contribution in [0, 0.1) is 0 Å². The Morgan fingerprint density at radius 2 is 0.624 bits per heavy atom. The van der Waals surface area contributed by atoms with E-state index in [1.807, 2.05) is 30.3 Å². The highest BCUT2D eigenvalue weighted by Crippen LogP contribution is 2.49. The predicted molar refractivity (Wildman–Crippen MR) is 429 cm³/mol. The molecule has 1 atom stereocenters. The van der Waals surface area contributed by atoms with Crippen molar-refractivity contribution in [3.63, 3.8) is 0 Å². The molecule has 2 heterocycles. The second kappa shape index (κ2) is 24.6. The maximum Gasteiger partial charge on any atom is 0.171 e. The van der Waals surface area contributed by atoms with Gasteiger partial charge in [0.15, 0.2) is 7.14 Å². The minimum Gasteiger partial charge on any atom is -0.311 e. The largest absolute Gasteiger partial charge is 0.311 e. The van der Waals surface area contributed by atoms with E-state index in [-0.39, 0.29) is 0 Å². The number of fused-ring (bicyclic) bond motifs is 10. The molecule has 5 heteroatoms. The molecule has 0 fully saturated rings. The van der Waals surface area contributed by atoms with E-state index in [2.05, 4.69) is 372 Å². The quantitative estimate of drug-likeness (QED) is 0.108. The standard InChI is InChI=1S/C96H64N3OP/c100-101(81-34-14-5-15-35-81,82-57-45-70(46-58-82)93-84-37-18-16-29-73(84)63-88-87-39-20-21-40-90(87)98(95(88)93)76-32-12-4-13-33-76)83-36-22-31-71(62-83)72-47-59-86-75(61-72)48-60-91-94(86)89-64-74-30-17-19-38-85(74)92(69-27-10-3-11-28-69)96(89)99(91)80-55-53-79(54-56-80)97(77-49-41-67(42-50-77)65-23-6-1-7-24-65)78-51-43-68(44-52-78)66-25-8-2-9-26-66/h1-64H. The van der Waals surface area contributed by atoms with Gasteiger partial charge in [0.2, 0.25) is 0 Å². The summed E-state index contributed by atoms with van der Waals surface area (Å²) in [4.78, 5) is 2.36. The summed E-state index contributed by atoms with van der Waals surface area (Å²) in [5.74, 6) is 0. The fraction of sp³-hybridized carbons (Fsp3) is 0. The number of aromatic nitrogens is 2. The molecule has 0 amide bonds. The SMILES string of the molecule is O=P(c1ccccc1)(c1ccc(-c2c3ccccc3cc3c4ccccc4n(-c4ccccc4)c23)cc1)c1cccc(-c2ccc3c(ccc4c3c3cc5ccccc5c(-c5ccccc5)c3n4-c3ccc(N(c4ccc(-c5ccccc5)cc4)c4ccc(-c5ccccc5)cc4)cc3)c2)c1. The lowest BCUT2D eigenvalue weighted by Crippen LogP contribution is -2.25. The summed E-state index contributed by atoms with van der Waals surface area (Å²) in [6.07, 6.45) is 0. The Labute approximate surface area is 586 Å². The van der Waals surface area contributed by atoms with Gasteiger partial charge in [0.25, 0.3) is 0 Å². The molecule has 0 bridgehead atoms. The smallest absolute Gasteiger partial charge is 0.171 e. The van der Waals surface area contributed by atoms with E-state index in [4.69, 9.17) is 0 Å². The molecule has 0 saturated heterocycles. The number of benzene rings is 17. The van der Waals surface area contributed by atoms with E-state index >= 15 is 4.57 Å². The van der Waals surface area contributed by atoms with Crippen LogP contribution in [0.5, 0.6) is 0 Å². The molecule has 2 aromatic heterocycles. The molecule has 19 aromatic rings. The fourth-order valence-corrected chi connectivity index (χ4v) is 18.5. The lowest BCUT2D eigenvalue weighted by atomic mass is 9.93. The van der Waals surface area contributed by atoms with Crippen molar-refractivity contribution < 1.29 is 4.57 Å². The molecular weight excluding hydrogens is 1240 g/mol. The fourth-order valence-electron chi connectivity index (χ4n) is 15.8. The highest BCUT2D eigenvalue weighted by Gasteiger charge is 2.31. The monoisotopic (exact) mass is 1310 g/mol. The Balaban J connectivity index is 0.736. The van der Waals surface area contributed by atoms with Crippen LogP contribution >= 0.6 is 7.14 Å². The molecular formula is C96H64N3OP. The van der Waals surface area contributed by atoms with E-state index in [0.717, 1.165) is 110 Å². The Hall–Kier alpha value is -12.9. The number of para-hydroxylation sites is 2. The first kappa shape index (κ1) is 59.4. The van der Waals surface area contributed by atoms with Gasteiger partial charge in [0, 0.05) is 77.0 Å². The summed E-state index contributed by atoms with van der Waals surface area (Å²) < 4.78 is 21.6. The van der Waals surface area contributed by atoms with E-state index in [1.165, 1.54) is 65.5 Å². The number of hydrogen-bond acceptors (Lipinski definition) is 2. The van der Waals surface area contributed by atoms with Crippen LogP contribution in [0.3, 0.4) is 0 Å². The maximum atomic E-state index is 16.7. The summed E-state index contributed by atoms with van der Waals surface area (Å²) in [7, 11) is -3.47. The van der Waals surface area contributed by atoms with E-state index in [0.29, 0.717) is 0 Å². The molecule has 1 unspecified atom stereocenters. The van der Waals surface area contributed by atoms with Gasteiger partial charge in [-0.05, 0) is 174 Å². The zero-order chi connectivity index (χ0) is 67.0. The van der Waals surface area contributed by atoms with Gasteiger partial charge in [-0.15, -0.1) is 0 Å². The molecule has 19 rings (SSSR count). The Morgan fingerprint density at radius 3 is 1.23 bits per heavy atom. The summed E-state index contributed by atoms with van der Waals surface area (Å²) in [6.45, 7) is 0. The predicted octanol–water partition coefficient (Wildman–Crippen LogP) is 24.8. The zero-order valence-corrected chi connectivity index (χ0v) is 56.0. The van der Waals surface area contributed by atoms with Gasteiger partial charge in [0.05, 0.1) is 22.1 Å². The highest BCUT2D eigenvalue weighted by molar-refractivity contribution is 7.85. The molecule has 0 N–H and O–H groups in total. The first-order valence-electron chi connectivity index (χ1n) is 34.6. The number of rotatable bonds is 13. The normalized spacial score (nSPS) is 12.3. The third-order valence-corrected chi connectivity index (χ3v) is 23.6. The van der Waals surface area contributed by atoms with Crippen LogP contribution in [0.4, 0.5) is 17.1 Å². The number of nitrogens with zero attached hydrogens (tertiary/aromatic N) is 3. The molecule has 0 aliphatic rings. The van der Waals surface area contributed by atoms with Crippen LogP contribution in [0.1, 0.15) is 0 Å². The number of anilines is 3. The lowest BCUT2D eigenvalue weighted by molar-refractivity contribution is 0.592. The molecule has 4 nitrogen and oxygen atoms in total. The molecule has 0 radical (unpaired) electrons. The van der Waals surface area contributed by atoms with Gasteiger partial charge in [-0.2, -0.15) is 0 Å². The van der Waals surface area contributed by atoms with E-state index < -0.39 is 7.14 Å². The van der Waals surface area contributed by atoms with Crippen LogP contribution in [-0.2, 0) is 4.57 Å². The Bertz CT molecular complexity index is 6330. The van der Waals surface area contributed by atoms with Crippen molar-refractivity contribution in [1.29, 1.82) is 0 Å². The van der Waals surface area contributed by atoms with Crippen molar-refractivity contribution in [3.8, 4) is 67.0 Å². The third kappa shape index (κ3) is 10.1. The van der Waals surface area contributed by atoms with Gasteiger partial charge in [-0.1, -0.05) is 291 Å². The Kier molecular flexibility index (Phi) is 14.5. The van der Waals surface area contributed by atoms with E-state index in [1.54, 1.807) is 0 Å². The minimum atomic E-state index is -3.47. The lowest BCUT2D eigenvalue weighted by Gasteiger charge is -2.26. The van der Waals surface area contributed by atoms with Crippen LogP contribution in [0.2, 0.25) is 0 Å². The van der Waals surface area contributed by atoms with Crippen molar-refractivity contribution in [2.45, 2.75) is 0 Å². The number of hydrogen-bond donors (Lipinski definition) is 0. The van der Waals surface area contributed by atoms with Gasteiger partial charge >= 0.3 is 0 Å². The molecule has 0 spiro atoms. The van der Waals surface area contributed by atoms with Gasteiger partial charge < -0.3 is 18.6 Å².